The second kappa shape index (κ2) is 7.38. The largest absolute Gasteiger partial charge is 0.315 e. The topological polar surface area (TPSA) is 15.3 Å². The first kappa shape index (κ1) is 15.0. The Morgan fingerprint density at radius 1 is 1.18 bits per heavy atom. The van der Waals surface area contributed by atoms with Gasteiger partial charge in [0.1, 0.15) is 0 Å². The quantitative estimate of drug-likeness (QED) is 0.768. The van der Waals surface area contributed by atoms with Crippen molar-refractivity contribution in [3.05, 3.63) is 0 Å². The summed E-state index contributed by atoms with van der Waals surface area (Å²) in [5.74, 6) is 2.53. The Balaban J connectivity index is 2.34. The highest BCUT2D eigenvalue weighted by Gasteiger charge is 2.26. The Hall–Kier alpha value is -0.0800. The molecule has 1 N–H and O–H groups in total. The minimum atomic E-state index is 0.740. The van der Waals surface area contributed by atoms with Gasteiger partial charge in [0.05, 0.1) is 0 Å². The summed E-state index contributed by atoms with van der Waals surface area (Å²) in [4.78, 5) is 2.71. The zero-order chi connectivity index (χ0) is 12.8. The standard InChI is InChI=1S/C15H32N2/c1-6-15(10-16-9-12(2)3)17-8-7-13(4)14(5)11-17/h12-16H,6-11H2,1-5H3. The van der Waals surface area contributed by atoms with Crippen molar-refractivity contribution < 1.29 is 0 Å². The smallest absolute Gasteiger partial charge is 0.0218 e. The molecule has 102 valence electrons. The van der Waals surface area contributed by atoms with Gasteiger partial charge in [-0.3, -0.25) is 4.90 Å². The lowest BCUT2D eigenvalue weighted by molar-refractivity contribution is 0.0921. The van der Waals surface area contributed by atoms with Gasteiger partial charge in [-0.15, -0.1) is 0 Å². The molecule has 0 aromatic rings. The van der Waals surface area contributed by atoms with Crippen molar-refractivity contribution in [3.63, 3.8) is 0 Å². The van der Waals surface area contributed by atoms with Crippen LogP contribution in [0.3, 0.4) is 0 Å². The molecule has 2 nitrogen and oxygen atoms in total. The van der Waals surface area contributed by atoms with Gasteiger partial charge in [0, 0.05) is 19.1 Å². The van der Waals surface area contributed by atoms with Crippen molar-refractivity contribution in [2.45, 2.75) is 53.5 Å². The SMILES string of the molecule is CCC(CNCC(C)C)N1CCC(C)C(C)C1. The molecule has 1 aliphatic rings. The number of hydrogen-bond acceptors (Lipinski definition) is 2. The second-order valence-electron chi connectivity index (χ2n) is 6.35. The lowest BCUT2D eigenvalue weighted by Crippen LogP contribution is -2.48. The summed E-state index contributed by atoms with van der Waals surface area (Å²) in [5.41, 5.74) is 0. The summed E-state index contributed by atoms with van der Waals surface area (Å²) in [7, 11) is 0. The molecule has 0 aliphatic carbocycles. The van der Waals surface area contributed by atoms with E-state index >= 15 is 0 Å². The van der Waals surface area contributed by atoms with E-state index in [1.807, 2.05) is 0 Å². The van der Waals surface area contributed by atoms with Crippen LogP contribution in [0.5, 0.6) is 0 Å². The Morgan fingerprint density at radius 3 is 2.41 bits per heavy atom. The van der Waals surface area contributed by atoms with E-state index in [4.69, 9.17) is 0 Å². The summed E-state index contributed by atoms with van der Waals surface area (Å²) in [5, 5.41) is 3.62. The van der Waals surface area contributed by atoms with E-state index in [1.165, 1.54) is 25.9 Å². The number of nitrogens with zero attached hydrogens (tertiary/aromatic N) is 1. The van der Waals surface area contributed by atoms with Crippen molar-refractivity contribution in [3.8, 4) is 0 Å². The molecule has 0 spiro atoms. The predicted octanol–water partition coefficient (Wildman–Crippen LogP) is 2.99. The predicted molar refractivity (Wildman–Crippen MR) is 76.3 cm³/mol. The Bertz CT molecular complexity index is 203. The maximum atomic E-state index is 3.62. The normalized spacial score (nSPS) is 28.6. The molecular weight excluding hydrogens is 208 g/mol. The summed E-state index contributed by atoms with van der Waals surface area (Å²) in [6.07, 6.45) is 2.65. The van der Waals surface area contributed by atoms with Gasteiger partial charge in [0.2, 0.25) is 0 Å². The van der Waals surface area contributed by atoms with Crippen LogP contribution < -0.4 is 5.32 Å². The number of rotatable bonds is 6. The molecule has 3 atom stereocenters. The molecular formula is C15H32N2. The van der Waals surface area contributed by atoms with E-state index in [-0.39, 0.29) is 0 Å². The minimum absolute atomic E-state index is 0.740. The van der Waals surface area contributed by atoms with Gasteiger partial charge in [-0.2, -0.15) is 0 Å². The molecule has 1 rings (SSSR count). The van der Waals surface area contributed by atoms with Crippen molar-refractivity contribution in [1.29, 1.82) is 0 Å². The zero-order valence-electron chi connectivity index (χ0n) is 12.5. The average molecular weight is 240 g/mol. The van der Waals surface area contributed by atoms with Crippen molar-refractivity contribution in [1.82, 2.24) is 10.2 Å². The average Bonchev–Trinajstić information content (AvgIpc) is 2.28. The third kappa shape index (κ3) is 4.97. The molecule has 1 aliphatic heterocycles. The van der Waals surface area contributed by atoms with Gasteiger partial charge < -0.3 is 5.32 Å². The molecule has 17 heavy (non-hydrogen) atoms. The fourth-order valence-electron chi connectivity index (χ4n) is 2.70. The highest BCUT2D eigenvalue weighted by atomic mass is 15.2. The molecule has 0 amide bonds. The Labute approximate surface area is 108 Å². The highest BCUT2D eigenvalue weighted by Crippen LogP contribution is 2.24. The summed E-state index contributed by atoms with van der Waals surface area (Å²) in [6, 6.07) is 0.740. The van der Waals surface area contributed by atoms with Crippen LogP contribution in [0, 0.1) is 17.8 Å². The van der Waals surface area contributed by atoms with Gasteiger partial charge in [-0.1, -0.05) is 34.6 Å². The van der Waals surface area contributed by atoms with Crippen LogP contribution in [0.1, 0.15) is 47.5 Å². The number of nitrogens with one attached hydrogen (secondary N) is 1. The molecule has 3 unspecified atom stereocenters. The highest BCUT2D eigenvalue weighted by molar-refractivity contribution is 4.81. The zero-order valence-corrected chi connectivity index (χ0v) is 12.5. The van der Waals surface area contributed by atoms with Gasteiger partial charge in [0.25, 0.3) is 0 Å². The first-order valence-corrected chi connectivity index (χ1v) is 7.49. The Kier molecular flexibility index (Phi) is 6.50. The van der Waals surface area contributed by atoms with Gasteiger partial charge in [-0.05, 0) is 43.7 Å². The summed E-state index contributed by atoms with van der Waals surface area (Å²) >= 11 is 0. The van der Waals surface area contributed by atoms with Crippen molar-refractivity contribution in [2.75, 3.05) is 26.2 Å². The maximum Gasteiger partial charge on any atom is 0.0218 e. The van der Waals surface area contributed by atoms with Crippen LogP contribution in [-0.4, -0.2) is 37.1 Å². The second-order valence-corrected chi connectivity index (χ2v) is 6.35. The van der Waals surface area contributed by atoms with E-state index < -0.39 is 0 Å². The third-order valence-corrected chi connectivity index (χ3v) is 4.29. The lowest BCUT2D eigenvalue weighted by atomic mass is 9.87. The number of likely N-dealkylation sites (tertiary alicyclic amines) is 1. The first-order valence-electron chi connectivity index (χ1n) is 7.49. The fraction of sp³-hybridized carbons (Fsp3) is 1.00. The van der Waals surface area contributed by atoms with Crippen LogP contribution in [0.2, 0.25) is 0 Å². The van der Waals surface area contributed by atoms with Crippen molar-refractivity contribution >= 4 is 0 Å². The van der Waals surface area contributed by atoms with Crippen LogP contribution in [0.25, 0.3) is 0 Å². The molecule has 0 aromatic carbocycles. The molecule has 1 fully saturated rings. The summed E-state index contributed by atoms with van der Waals surface area (Å²) < 4.78 is 0. The third-order valence-electron chi connectivity index (χ3n) is 4.29. The maximum absolute atomic E-state index is 3.62. The van der Waals surface area contributed by atoms with E-state index in [9.17, 15) is 0 Å². The van der Waals surface area contributed by atoms with E-state index in [0.717, 1.165) is 36.9 Å². The Morgan fingerprint density at radius 2 is 1.88 bits per heavy atom. The monoisotopic (exact) mass is 240 g/mol. The van der Waals surface area contributed by atoms with Crippen LogP contribution in [0.15, 0.2) is 0 Å². The van der Waals surface area contributed by atoms with Crippen molar-refractivity contribution in [2.24, 2.45) is 17.8 Å². The molecule has 0 saturated carbocycles. The molecule has 1 heterocycles. The molecule has 2 heteroatoms. The molecule has 0 radical (unpaired) electrons. The van der Waals surface area contributed by atoms with Crippen LogP contribution >= 0.6 is 0 Å². The number of piperidine rings is 1. The lowest BCUT2D eigenvalue weighted by Gasteiger charge is -2.40. The van der Waals surface area contributed by atoms with Gasteiger partial charge in [0.15, 0.2) is 0 Å². The fourth-order valence-corrected chi connectivity index (χ4v) is 2.70. The number of hydrogen-bond donors (Lipinski definition) is 1. The minimum Gasteiger partial charge on any atom is -0.315 e. The first-order chi connectivity index (χ1) is 8.04. The van der Waals surface area contributed by atoms with E-state index in [2.05, 4.69) is 44.8 Å². The molecule has 1 saturated heterocycles. The van der Waals surface area contributed by atoms with Gasteiger partial charge in [-0.25, -0.2) is 0 Å². The van der Waals surface area contributed by atoms with E-state index in [0.29, 0.717) is 0 Å². The van der Waals surface area contributed by atoms with E-state index in [1.54, 1.807) is 0 Å². The summed E-state index contributed by atoms with van der Waals surface area (Å²) in [6.45, 7) is 16.6. The van der Waals surface area contributed by atoms with Crippen LogP contribution in [0.4, 0.5) is 0 Å². The molecule has 0 bridgehead atoms. The molecule has 0 aromatic heterocycles. The van der Waals surface area contributed by atoms with Gasteiger partial charge >= 0.3 is 0 Å². The van der Waals surface area contributed by atoms with Crippen LogP contribution in [-0.2, 0) is 0 Å².